The van der Waals surface area contributed by atoms with Gasteiger partial charge in [0.05, 0.1) is 13.2 Å². The van der Waals surface area contributed by atoms with Crippen LogP contribution in [-0.2, 0) is 25.0 Å². The predicted octanol–water partition coefficient (Wildman–Crippen LogP) is -0.373. The highest BCUT2D eigenvalue weighted by Gasteiger charge is 2.33. The molecule has 1 heterocycles. The number of H-pyrrole nitrogens is 1. The molecule has 24 heavy (non-hydrogen) atoms. The minimum absolute atomic E-state index is 0.0161. The van der Waals surface area contributed by atoms with E-state index in [9.17, 15) is 24.1 Å². The summed E-state index contributed by atoms with van der Waals surface area (Å²) in [4.78, 5) is 36.2. The summed E-state index contributed by atoms with van der Waals surface area (Å²) in [5.41, 5.74) is -1.25. The molecule has 0 radical (unpaired) electrons. The second kappa shape index (κ2) is 9.53. The molecule has 1 amide bonds. The molecule has 0 aliphatic carbocycles. The predicted molar refractivity (Wildman–Crippen MR) is 85.8 cm³/mol. The third-order valence-corrected chi connectivity index (χ3v) is 5.14. The van der Waals surface area contributed by atoms with E-state index in [4.69, 9.17) is 9.05 Å². The van der Waals surface area contributed by atoms with E-state index in [1.807, 2.05) is 4.98 Å². The summed E-state index contributed by atoms with van der Waals surface area (Å²) in [6.45, 7) is 3.22. The lowest BCUT2D eigenvalue weighted by Gasteiger charge is -2.22. The van der Waals surface area contributed by atoms with Gasteiger partial charge in [0.2, 0.25) is 5.91 Å². The summed E-state index contributed by atoms with van der Waals surface area (Å²) in [6.07, 6.45) is 1.16. The molecule has 1 aromatic rings. The molecule has 0 saturated carbocycles. The van der Waals surface area contributed by atoms with Gasteiger partial charge in [0, 0.05) is 25.2 Å². The van der Waals surface area contributed by atoms with Crippen LogP contribution in [0.3, 0.4) is 0 Å². The highest BCUT2D eigenvalue weighted by Crippen LogP contribution is 2.52. The van der Waals surface area contributed by atoms with Gasteiger partial charge in [-0.3, -0.25) is 23.7 Å². The number of nitrogens with zero attached hydrogens (tertiary/aromatic N) is 1. The number of aromatic nitrogens is 2. The van der Waals surface area contributed by atoms with Crippen LogP contribution < -0.4 is 16.6 Å². The third kappa shape index (κ3) is 6.04. The third-order valence-electron chi connectivity index (χ3n) is 2.92. The zero-order valence-corrected chi connectivity index (χ0v) is 14.5. The molecule has 1 unspecified atom stereocenters. The average Bonchev–Trinajstić information content (AvgIpc) is 2.50. The average molecular weight is 363 g/mol. The smallest absolute Gasteiger partial charge is 0.358 e. The zero-order valence-electron chi connectivity index (χ0n) is 13.6. The van der Waals surface area contributed by atoms with E-state index in [0.717, 1.165) is 10.6 Å². The summed E-state index contributed by atoms with van der Waals surface area (Å²) in [6, 6.07) is 1.12. The van der Waals surface area contributed by atoms with Crippen LogP contribution in [0.5, 0.6) is 0 Å². The van der Waals surface area contributed by atoms with Crippen molar-refractivity contribution in [2.75, 3.05) is 19.8 Å². The van der Waals surface area contributed by atoms with E-state index in [1.54, 1.807) is 13.8 Å². The van der Waals surface area contributed by atoms with Crippen LogP contribution in [0.15, 0.2) is 21.9 Å². The fourth-order valence-electron chi connectivity index (χ4n) is 1.85. The van der Waals surface area contributed by atoms with Gasteiger partial charge in [0.25, 0.3) is 5.56 Å². The first-order valence-corrected chi connectivity index (χ1v) is 9.07. The van der Waals surface area contributed by atoms with Crippen molar-refractivity contribution in [3.63, 3.8) is 0 Å². The van der Waals surface area contributed by atoms with Crippen LogP contribution in [0.4, 0.5) is 0 Å². The molecule has 3 N–H and O–H groups in total. The van der Waals surface area contributed by atoms with Gasteiger partial charge >= 0.3 is 13.3 Å². The summed E-state index contributed by atoms with van der Waals surface area (Å²) in [7, 11) is -3.64. The maximum Gasteiger partial charge on any atom is 0.358 e. The Labute approximate surface area is 138 Å². The maximum atomic E-state index is 12.3. The number of carbonyl (C=O) groups is 1. The van der Waals surface area contributed by atoms with Crippen LogP contribution >= 0.6 is 7.60 Å². The summed E-state index contributed by atoms with van der Waals surface area (Å²) >= 11 is 0. The van der Waals surface area contributed by atoms with Crippen LogP contribution in [0, 0.1) is 0 Å². The van der Waals surface area contributed by atoms with Crippen molar-refractivity contribution in [3.05, 3.63) is 33.1 Å². The first-order chi connectivity index (χ1) is 11.3. The fraction of sp³-hybridized carbons (Fsp3) is 0.615. The maximum absolute atomic E-state index is 12.3. The lowest BCUT2D eigenvalue weighted by Crippen LogP contribution is -2.36. The topological polar surface area (TPSA) is 140 Å². The largest absolute Gasteiger partial charge is 0.380 e. The zero-order chi connectivity index (χ0) is 18.2. The quantitative estimate of drug-likeness (QED) is 0.482. The lowest BCUT2D eigenvalue weighted by atomic mass is 10.4. The van der Waals surface area contributed by atoms with Crippen molar-refractivity contribution in [1.82, 2.24) is 14.9 Å². The molecule has 11 heteroatoms. The van der Waals surface area contributed by atoms with Gasteiger partial charge in [0.1, 0.15) is 6.54 Å². The lowest BCUT2D eigenvalue weighted by molar-refractivity contribution is -0.121. The fourth-order valence-corrected chi connectivity index (χ4v) is 3.43. The van der Waals surface area contributed by atoms with Gasteiger partial charge in [-0.2, -0.15) is 0 Å². The minimum Gasteiger partial charge on any atom is -0.380 e. The molecule has 0 aromatic carbocycles. The van der Waals surface area contributed by atoms with Crippen molar-refractivity contribution in [3.8, 4) is 0 Å². The number of aliphatic hydroxyl groups excluding tert-OH is 1. The van der Waals surface area contributed by atoms with Crippen LogP contribution in [-0.4, -0.2) is 46.2 Å². The van der Waals surface area contributed by atoms with Crippen molar-refractivity contribution in [2.45, 2.75) is 32.7 Å². The van der Waals surface area contributed by atoms with Crippen molar-refractivity contribution < 1.29 is 23.5 Å². The number of hydrogen-bond donors (Lipinski definition) is 3. The SMILES string of the molecule is CCOP(=O)(OCC)C(O)CCNC(=O)Cn1ccc(=O)[nH]c1=O. The molecule has 0 spiro atoms. The molecule has 0 bridgehead atoms. The van der Waals surface area contributed by atoms with Crippen molar-refractivity contribution >= 4 is 13.5 Å². The van der Waals surface area contributed by atoms with E-state index in [0.29, 0.717) is 0 Å². The van der Waals surface area contributed by atoms with Crippen LogP contribution in [0.25, 0.3) is 0 Å². The molecule has 1 aromatic heterocycles. The molecular formula is C13H22N3O7P. The molecule has 0 fully saturated rings. The van der Waals surface area contributed by atoms with Crippen molar-refractivity contribution in [1.29, 1.82) is 0 Å². The van der Waals surface area contributed by atoms with Gasteiger partial charge < -0.3 is 19.5 Å². The number of amides is 1. The van der Waals surface area contributed by atoms with Gasteiger partial charge in [-0.05, 0) is 13.8 Å². The van der Waals surface area contributed by atoms with Gasteiger partial charge in [-0.1, -0.05) is 0 Å². The normalized spacial score (nSPS) is 12.8. The number of aromatic amines is 1. The minimum atomic E-state index is -3.64. The summed E-state index contributed by atoms with van der Waals surface area (Å²) in [5.74, 6) is -1.87. The molecule has 0 aliphatic rings. The Morgan fingerprint density at radius 2 is 2.00 bits per heavy atom. The van der Waals surface area contributed by atoms with Gasteiger partial charge in [0.15, 0.2) is 5.85 Å². The second-order valence-corrected chi connectivity index (χ2v) is 6.92. The molecular weight excluding hydrogens is 341 g/mol. The van der Waals surface area contributed by atoms with Gasteiger partial charge in [-0.15, -0.1) is 0 Å². The summed E-state index contributed by atoms with van der Waals surface area (Å²) < 4.78 is 23.3. The first kappa shape index (κ1) is 20.3. The molecule has 0 aliphatic heterocycles. The van der Waals surface area contributed by atoms with Crippen molar-refractivity contribution in [2.24, 2.45) is 0 Å². The molecule has 136 valence electrons. The Morgan fingerprint density at radius 1 is 1.38 bits per heavy atom. The second-order valence-electron chi connectivity index (χ2n) is 4.73. The highest BCUT2D eigenvalue weighted by atomic mass is 31.2. The van der Waals surface area contributed by atoms with E-state index >= 15 is 0 Å². The standard InChI is InChI=1S/C13H22N3O7P/c1-3-22-24(21,23-4-2)12(19)5-7-14-11(18)9-16-8-6-10(17)15-13(16)20/h6,8,12,19H,3-5,7,9H2,1-2H3,(H,14,18)(H,15,17,20). The first-order valence-electron chi connectivity index (χ1n) is 7.45. The van der Waals surface area contributed by atoms with Crippen LogP contribution in [0.2, 0.25) is 0 Å². The molecule has 1 atom stereocenters. The molecule has 1 rings (SSSR count). The monoisotopic (exact) mass is 363 g/mol. The van der Waals surface area contributed by atoms with E-state index in [-0.39, 0.29) is 32.7 Å². The Bertz CT molecular complexity index is 689. The highest BCUT2D eigenvalue weighted by molar-refractivity contribution is 7.54. The van der Waals surface area contributed by atoms with E-state index in [2.05, 4.69) is 5.32 Å². The number of aliphatic hydroxyl groups is 1. The number of nitrogens with one attached hydrogen (secondary N) is 2. The van der Waals surface area contributed by atoms with Gasteiger partial charge in [-0.25, -0.2) is 4.79 Å². The number of carbonyl (C=O) groups excluding carboxylic acids is 1. The van der Waals surface area contributed by atoms with E-state index < -0.39 is 30.6 Å². The number of hydrogen-bond acceptors (Lipinski definition) is 7. The Balaban J connectivity index is 2.51. The van der Waals surface area contributed by atoms with E-state index in [1.165, 1.54) is 6.20 Å². The number of rotatable bonds is 10. The Hall–Kier alpha value is -1.74. The Kier molecular flexibility index (Phi) is 8.06. The Morgan fingerprint density at radius 3 is 2.54 bits per heavy atom. The molecule has 0 saturated heterocycles. The summed E-state index contributed by atoms with van der Waals surface area (Å²) in [5, 5.41) is 12.4. The van der Waals surface area contributed by atoms with Crippen LogP contribution in [0.1, 0.15) is 20.3 Å². The molecule has 10 nitrogen and oxygen atoms in total.